The number of rotatable bonds is 2. The number of benzene rings is 1. The average molecular weight is 324 g/mol. The molecule has 1 aliphatic heterocycles. The third-order valence-electron chi connectivity index (χ3n) is 2.90. The van der Waals surface area contributed by atoms with Crippen molar-refractivity contribution in [2.24, 2.45) is 5.92 Å². The van der Waals surface area contributed by atoms with E-state index in [0.717, 1.165) is 31.6 Å². The van der Waals surface area contributed by atoms with Crippen LogP contribution in [0.4, 0.5) is 0 Å². The van der Waals surface area contributed by atoms with Crippen molar-refractivity contribution in [3.05, 3.63) is 33.8 Å². The molecule has 2 rings (SSSR count). The van der Waals surface area contributed by atoms with E-state index in [2.05, 4.69) is 15.9 Å². The first-order chi connectivity index (χ1) is 7.68. The van der Waals surface area contributed by atoms with Crippen LogP contribution < -0.4 is 0 Å². The van der Waals surface area contributed by atoms with E-state index in [0.29, 0.717) is 20.8 Å². The molecule has 1 saturated heterocycles. The standard InChI is InChI=1S/C12H13BrCl2O/c13-10-4-5-16-7-9(10)6-8-2-1-3-11(14)12(8)15/h1-3,9-10H,4-7H2. The SMILES string of the molecule is Clc1cccc(CC2COCCC2Br)c1Cl. The summed E-state index contributed by atoms with van der Waals surface area (Å²) in [7, 11) is 0. The lowest BCUT2D eigenvalue weighted by Crippen LogP contribution is -2.29. The maximum Gasteiger partial charge on any atom is 0.0624 e. The van der Waals surface area contributed by atoms with Crippen LogP contribution in [0.3, 0.4) is 0 Å². The molecule has 0 bridgehead atoms. The normalized spacial score (nSPS) is 25.7. The summed E-state index contributed by atoms with van der Waals surface area (Å²) in [4.78, 5) is 0.510. The van der Waals surface area contributed by atoms with Crippen molar-refractivity contribution in [3.8, 4) is 0 Å². The smallest absolute Gasteiger partial charge is 0.0624 e. The Morgan fingerprint density at radius 1 is 1.38 bits per heavy atom. The van der Waals surface area contributed by atoms with Gasteiger partial charge in [0.2, 0.25) is 0 Å². The molecule has 2 atom stereocenters. The molecule has 0 saturated carbocycles. The van der Waals surface area contributed by atoms with Crippen LogP contribution in [0, 0.1) is 5.92 Å². The zero-order chi connectivity index (χ0) is 11.5. The summed E-state index contributed by atoms with van der Waals surface area (Å²) in [5.41, 5.74) is 1.11. The lowest BCUT2D eigenvalue weighted by Gasteiger charge is -2.27. The second kappa shape index (κ2) is 5.72. The van der Waals surface area contributed by atoms with Crippen molar-refractivity contribution in [2.45, 2.75) is 17.7 Å². The minimum Gasteiger partial charge on any atom is -0.381 e. The lowest BCUT2D eigenvalue weighted by atomic mass is 9.94. The highest BCUT2D eigenvalue weighted by Crippen LogP contribution is 2.31. The minimum atomic E-state index is 0.477. The molecule has 16 heavy (non-hydrogen) atoms. The number of hydrogen-bond donors (Lipinski definition) is 0. The zero-order valence-corrected chi connectivity index (χ0v) is 11.9. The van der Waals surface area contributed by atoms with Crippen LogP contribution in [-0.2, 0) is 11.2 Å². The Hall–Kier alpha value is 0.240. The van der Waals surface area contributed by atoms with Crippen LogP contribution in [-0.4, -0.2) is 18.0 Å². The first-order valence-electron chi connectivity index (χ1n) is 5.33. The van der Waals surface area contributed by atoms with Crippen molar-refractivity contribution in [2.75, 3.05) is 13.2 Å². The molecule has 2 unspecified atom stereocenters. The number of hydrogen-bond acceptors (Lipinski definition) is 1. The molecule has 1 heterocycles. The predicted molar refractivity (Wildman–Crippen MR) is 71.8 cm³/mol. The summed E-state index contributed by atoms with van der Waals surface area (Å²) in [6, 6.07) is 5.79. The molecule has 0 spiro atoms. The Balaban J connectivity index is 2.10. The maximum atomic E-state index is 6.17. The number of alkyl halides is 1. The van der Waals surface area contributed by atoms with Gasteiger partial charge in [0.15, 0.2) is 0 Å². The van der Waals surface area contributed by atoms with Crippen LogP contribution in [0.5, 0.6) is 0 Å². The van der Waals surface area contributed by atoms with Gasteiger partial charge in [0.25, 0.3) is 0 Å². The molecule has 0 amide bonds. The van der Waals surface area contributed by atoms with E-state index in [9.17, 15) is 0 Å². The molecule has 0 N–H and O–H groups in total. The van der Waals surface area contributed by atoms with E-state index in [1.54, 1.807) is 0 Å². The molecule has 88 valence electrons. The van der Waals surface area contributed by atoms with Crippen molar-refractivity contribution in [1.82, 2.24) is 0 Å². The highest BCUT2D eigenvalue weighted by atomic mass is 79.9. The van der Waals surface area contributed by atoms with Gasteiger partial charge in [0.1, 0.15) is 0 Å². The summed E-state index contributed by atoms with van der Waals surface area (Å²) in [5, 5.41) is 1.30. The fourth-order valence-corrected chi connectivity index (χ4v) is 2.87. The lowest BCUT2D eigenvalue weighted by molar-refractivity contribution is 0.0606. The maximum absolute atomic E-state index is 6.17. The Kier molecular flexibility index (Phi) is 4.54. The van der Waals surface area contributed by atoms with Gasteiger partial charge in [-0.15, -0.1) is 0 Å². The summed E-state index contributed by atoms with van der Waals surface area (Å²) in [5.74, 6) is 0.477. The van der Waals surface area contributed by atoms with Gasteiger partial charge in [-0.2, -0.15) is 0 Å². The topological polar surface area (TPSA) is 9.23 Å². The van der Waals surface area contributed by atoms with Crippen molar-refractivity contribution >= 4 is 39.1 Å². The van der Waals surface area contributed by atoms with E-state index in [1.807, 2.05) is 18.2 Å². The summed E-state index contributed by atoms with van der Waals surface area (Å²) in [6.45, 7) is 1.63. The van der Waals surface area contributed by atoms with E-state index in [-0.39, 0.29) is 0 Å². The highest BCUT2D eigenvalue weighted by Gasteiger charge is 2.24. The van der Waals surface area contributed by atoms with Gasteiger partial charge in [-0.05, 0) is 30.4 Å². The van der Waals surface area contributed by atoms with Crippen LogP contribution in [0.15, 0.2) is 18.2 Å². The largest absolute Gasteiger partial charge is 0.381 e. The molecule has 1 fully saturated rings. The second-order valence-electron chi connectivity index (χ2n) is 4.06. The molecule has 1 aliphatic rings. The third kappa shape index (κ3) is 2.92. The van der Waals surface area contributed by atoms with Gasteiger partial charge < -0.3 is 4.74 Å². The fourth-order valence-electron chi connectivity index (χ4n) is 1.95. The summed E-state index contributed by atoms with van der Waals surface area (Å²) in [6.07, 6.45) is 1.97. The van der Waals surface area contributed by atoms with Crippen LogP contribution in [0.1, 0.15) is 12.0 Å². The number of ether oxygens (including phenoxy) is 1. The van der Waals surface area contributed by atoms with Crippen molar-refractivity contribution in [1.29, 1.82) is 0 Å². The Morgan fingerprint density at radius 3 is 2.94 bits per heavy atom. The van der Waals surface area contributed by atoms with Crippen LogP contribution in [0.2, 0.25) is 10.0 Å². The van der Waals surface area contributed by atoms with Gasteiger partial charge in [-0.3, -0.25) is 0 Å². The third-order valence-corrected chi connectivity index (χ3v) is 4.96. The quantitative estimate of drug-likeness (QED) is 0.736. The van der Waals surface area contributed by atoms with E-state index in [4.69, 9.17) is 27.9 Å². The van der Waals surface area contributed by atoms with Crippen LogP contribution in [0.25, 0.3) is 0 Å². The average Bonchev–Trinajstić information content (AvgIpc) is 2.28. The highest BCUT2D eigenvalue weighted by molar-refractivity contribution is 9.09. The molecule has 1 nitrogen and oxygen atoms in total. The van der Waals surface area contributed by atoms with Gasteiger partial charge in [0, 0.05) is 11.4 Å². The number of halogens is 3. The summed E-state index contributed by atoms with van der Waals surface area (Å²) >= 11 is 15.9. The molecular formula is C12H13BrCl2O. The Labute approximate surface area is 114 Å². The van der Waals surface area contributed by atoms with Gasteiger partial charge in [0.05, 0.1) is 16.7 Å². The Morgan fingerprint density at radius 2 is 2.19 bits per heavy atom. The molecular weight excluding hydrogens is 311 g/mol. The molecule has 4 heteroatoms. The zero-order valence-electron chi connectivity index (χ0n) is 8.76. The molecule has 0 aliphatic carbocycles. The van der Waals surface area contributed by atoms with Gasteiger partial charge >= 0.3 is 0 Å². The molecule has 1 aromatic carbocycles. The van der Waals surface area contributed by atoms with Crippen molar-refractivity contribution < 1.29 is 4.74 Å². The first-order valence-corrected chi connectivity index (χ1v) is 7.00. The molecule has 0 aromatic heterocycles. The van der Waals surface area contributed by atoms with E-state index < -0.39 is 0 Å². The molecule has 0 radical (unpaired) electrons. The summed E-state index contributed by atoms with van der Waals surface area (Å²) < 4.78 is 5.49. The van der Waals surface area contributed by atoms with Gasteiger partial charge in [-0.1, -0.05) is 51.3 Å². The van der Waals surface area contributed by atoms with E-state index in [1.165, 1.54) is 0 Å². The predicted octanol–water partition coefficient (Wildman–Crippen LogP) is 4.34. The Bertz CT molecular complexity index is 370. The minimum absolute atomic E-state index is 0.477. The first kappa shape index (κ1) is 12.7. The van der Waals surface area contributed by atoms with E-state index >= 15 is 0 Å². The second-order valence-corrected chi connectivity index (χ2v) is 6.02. The monoisotopic (exact) mass is 322 g/mol. The van der Waals surface area contributed by atoms with Crippen LogP contribution >= 0.6 is 39.1 Å². The molecule has 1 aromatic rings. The fraction of sp³-hybridized carbons (Fsp3) is 0.500. The van der Waals surface area contributed by atoms with Gasteiger partial charge in [-0.25, -0.2) is 0 Å². The van der Waals surface area contributed by atoms with Crippen molar-refractivity contribution in [3.63, 3.8) is 0 Å².